The van der Waals surface area contributed by atoms with Crippen LogP contribution in [0.1, 0.15) is 113 Å². The molecule has 7 rings (SSSR count). The second-order valence-electron chi connectivity index (χ2n) is 24.4. The van der Waals surface area contributed by atoms with Gasteiger partial charge in [0.05, 0.1) is 25.3 Å². The van der Waals surface area contributed by atoms with Gasteiger partial charge in [0, 0.05) is 76.4 Å². The van der Waals surface area contributed by atoms with Gasteiger partial charge in [0.2, 0.25) is 53.2 Å². The van der Waals surface area contributed by atoms with Gasteiger partial charge in [-0.2, -0.15) is 0 Å². The summed E-state index contributed by atoms with van der Waals surface area (Å²) in [6, 6.07) is -1.07. The van der Waals surface area contributed by atoms with Crippen molar-refractivity contribution in [2.45, 2.75) is 183 Å². The van der Waals surface area contributed by atoms with Crippen LogP contribution in [0.5, 0.6) is 0 Å². The molecule has 4 aliphatic heterocycles. The van der Waals surface area contributed by atoms with Gasteiger partial charge in [-0.25, -0.2) is 4.79 Å². The summed E-state index contributed by atoms with van der Waals surface area (Å²) in [4.78, 5) is 168. The molecule has 12 atom stereocenters. The molecule has 23 N–H and O–H groups in total. The van der Waals surface area contributed by atoms with E-state index in [4.69, 9.17) is 50.0 Å². The van der Waals surface area contributed by atoms with Crippen LogP contribution in [0.4, 0.5) is 0 Å². The van der Waals surface area contributed by atoms with Crippen molar-refractivity contribution in [1.82, 2.24) is 46.2 Å². The highest BCUT2D eigenvalue weighted by Crippen LogP contribution is 2.41. The van der Waals surface area contributed by atoms with Crippen LogP contribution in [0.15, 0.2) is 56.8 Å². The molecule has 1 saturated carbocycles. The zero-order valence-corrected chi connectivity index (χ0v) is 54.6. The fourth-order valence-electron chi connectivity index (χ4n) is 12.9. The Balaban J connectivity index is 0.00000354. The standard InChI is InChI=1S/C59H89N19O13S.C2H4O2/c60-37(14-5-19-67-57(61)62)48(82)72-38(15-6-20-68-58(63)64)52(86)75-22-8-18-43(75)54(88)77-30-35(80)26-44(77)50(84)70-28-47(81)71-40(27-36-13-9-23-92-36)49(83)74-41(31-79)53(87)76-29-34-12-2-1-10-32(34)24-46(76)55(89)78-42-17-4-3-11-33(42)25-45(78)51(85)73-39(56(90)91)16-7-21-69-59(65)66;1-2(3)4/h1-2,9-10,12-13,23,33,35,37-46,79-80H,3-8,11,14-22,24-31,60H2,(H,70,84)(H,71,81)(H,72,82)(H,73,85)(H,74,83)(H,90,91)(H4,61,62,67)(H4,63,64,68)(H4,65,66,69);1H3,(H,3,4)/t33-,35+,37+,38-,39-,40-,41-,42-,43-,44-,45-,46?;/m0./s1. The fraction of sp³-hybridized carbons (Fsp3) is 0.607. The van der Waals surface area contributed by atoms with E-state index in [2.05, 4.69) is 41.6 Å². The number of β-amino-alcohol motifs (C(OH)–C–C–N with tert-alkyl or cyclic N) is 1. The first-order valence-electron chi connectivity index (χ1n) is 32.1. The van der Waals surface area contributed by atoms with Crippen molar-refractivity contribution in [2.75, 3.05) is 45.9 Å². The summed E-state index contributed by atoms with van der Waals surface area (Å²) in [5.41, 5.74) is 40.3. The van der Waals surface area contributed by atoms with Crippen LogP contribution in [0.2, 0.25) is 0 Å². The lowest BCUT2D eigenvalue weighted by Gasteiger charge is -2.42. The van der Waals surface area contributed by atoms with Crippen LogP contribution in [0.25, 0.3) is 0 Å². The first-order valence-corrected chi connectivity index (χ1v) is 33.0. The number of aliphatic hydroxyl groups is 2. The number of likely N-dealkylation sites (tertiary alicyclic amines) is 3. The molecule has 9 amide bonds. The summed E-state index contributed by atoms with van der Waals surface area (Å²) in [6.07, 6.45) is 3.42. The van der Waals surface area contributed by atoms with Crippen LogP contribution in [-0.2, 0) is 72.1 Å². The number of carboxylic acid groups (broad SMARTS) is 2. The molecule has 1 aromatic carbocycles. The summed E-state index contributed by atoms with van der Waals surface area (Å²) < 4.78 is 0. The van der Waals surface area contributed by atoms with E-state index >= 15 is 4.79 Å². The molecular weight excluding hydrogens is 1270 g/mol. The number of hydrogen-bond acceptors (Lipinski definition) is 18. The van der Waals surface area contributed by atoms with Crippen LogP contribution in [0, 0.1) is 5.92 Å². The van der Waals surface area contributed by atoms with Crippen molar-refractivity contribution in [3.63, 3.8) is 0 Å². The Kier molecular flexibility index (Phi) is 28.9. The first-order chi connectivity index (χ1) is 45.7. The van der Waals surface area contributed by atoms with Crippen LogP contribution in [0.3, 0.4) is 0 Å². The van der Waals surface area contributed by atoms with Gasteiger partial charge >= 0.3 is 5.97 Å². The average molecular weight is 1360 g/mol. The minimum absolute atomic E-state index is 0.00000960. The highest BCUT2D eigenvalue weighted by molar-refractivity contribution is 7.09. The molecule has 1 aliphatic carbocycles. The molecule has 528 valence electrons. The number of guanidine groups is 3. The van der Waals surface area contributed by atoms with Gasteiger partial charge in [0.1, 0.15) is 48.3 Å². The van der Waals surface area contributed by atoms with Crippen LogP contribution in [-0.4, -0.2) is 235 Å². The molecule has 0 spiro atoms. The molecule has 35 heteroatoms. The van der Waals surface area contributed by atoms with Crippen molar-refractivity contribution in [3.8, 4) is 0 Å². The molecule has 0 radical (unpaired) electrons. The van der Waals surface area contributed by atoms with Crippen molar-refractivity contribution >= 4 is 94.3 Å². The van der Waals surface area contributed by atoms with Gasteiger partial charge in [-0.3, -0.25) is 62.9 Å². The zero-order chi connectivity index (χ0) is 70.3. The third-order valence-corrected chi connectivity index (χ3v) is 18.3. The van der Waals surface area contributed by atoms with E-state index in [-0.39, 0.29) is 127 Å². The molecule has 1 unspecified atom stereocenters. The minimum Gasteiger partial charge on any atom is -0.481 e. The number of rotatable bonds is 30. The second-order valence-corrected chi connectivity index (χ2v) is 25.5. The smallest absolute Gasteiger partial charge is 0.326 e. The lowest BCUT2D eigenvalue weighted by molar-refractivity contribution is -0.153. The molecule has 1 aromatic heterocycles. The molecule has 96 heavy (non-hydrogen) atoms. The number of benzene rings is 1. The zero-order valence-electron chi connectivity index (χ0n) is 53.8. The molecule has 3 saturated heterocycles. The van der Waals surface area contributed by atoms with Crippen LogP contribution < -0.4 is 66.7 Å². The number of carbonyl (C=O) groups excluding carboxylic acids is 9. The normalized spacial score (nSPS) is 21.7. The number of fused-ring (bicyclic) bond motifs is 2. The number of amides is 9. The number of carboxylic acids is 2. The van der Waals surface area contributed by atoms with Crippen LogP contribution >= 0.6 is 11.3 Å². The molecule has 0 bridgehead atoms. The molecule has 4 fully saturated rings. The Labute approximate surface area is 559 Å². The van der Waals surface area contributed by atoms with Crippen molar-refractivity contribution < 1.29 is 73.2 Å². The van der Waals surface area contributed by atoms with E-state index in [1.54, 1.807) is 35.7 Å². The van der Waals surface area contributed by atoms with E-state index in [1.807, 2.05) is 6.07 Å². The Morgan fingerprint density at radius 2 is 1.23 bits per heavy atom. The number of carbonyl (C=O) groups is 11. The lowest BCUT2D eigenvalue weighted by atomic mass is 9.84. The highest BCUT2D eigenvalue weighted by Gasteiger charge is 2.52. The van der Waals surface area contributed by atoms with E-state index in [9.17, 15) is 58.5 Å². The first kappa shape index (κ1) is 75.8. The SMILES string of the molecule is CC(=O)O.NC(N)=NCCC[C@@H](N)C(=O)N[C@@H](CCCN=C(N)N)C(=O)N1CCC[C@H]1C(=O)N1C[C@H](O)C[C@H]1C(=O)NCC(=O)N[C@@H](Cc1cccs1)C(=O)N[C@@H](CO)C(=O)N1Cc2ccccc2CC1C(=O)N1[C@H](C(=O)N[C@@H](CCCN=C(N)N)C(=O)O)C[C@@H]2CCCC[C@@H]21. The van der Waals surface area contributed by atoms with E-state index in [1.165, 1.54) is 26.0 Å². The second kappa shape index (κ2) is 36.6. The van der Waals surface area contributed by atoms with Gasteiger partial charge in [-0.05, 0) is 99.1 Å². The number of hydrogen-bond donors (Lipinski definition) is 16. The topological polar surface area (TPSA) is 561 Å². The maximum absolute atomic E-state index is 15.3. The van der Waals surface area contributed by atoms with E-state index < -0.39 is 145 Å². The molecule has 5 heterocycles. The molecule has 2 aromatic rings. The maximum atomic E-state index is 15.3. The average Bonchev–Trinajstić information content (AvgIpc) is 1.47. The molecular formula is C61H93N19O15S. The largest absolute Gasteiger partial charge is 0.481 e. The van der Waals surface area contributed by atoms with Crippen molar-refractivity contribution in [3.05, 3.63) is 57.8 Å². The quantitative estimate of drug-likeness (QED) is 0.0198. The number of nitrogens with one attached hydrogen (secondary N) is 5. The van der Waals surface area contributed by atoms with Gasteiger partial charge in [-0.1, -0.05) is 43.2 Å². The number of aliphatic imine (C=N–C) groups is 3. The van der Waals surface area contributed by atoms with Gasteiger partial charge < -0.3 is 107 Å². The number of thiophene rings is 1. The molecule has 34 nitrogen and oxygen atoms in total. The Bertz CT molecular complexity index is 3160. The summed E-state index contributed by atoms with van der Waals surface area (Å²) >= 11 is 1.27. The predicted octanol–water partition coefficient (Wildman–Crippen LogP) is -4.93. The fourth-order valence-corrected chi connectivity index (χ4v) is 13.6. The third-order valence-electron chi connectivity index (χ3n) is 17.4. The van der Waals surface area contributed by atoms with E-state index in [0.29, 0.717) is 29.7 Å². The van der Waals surface area contributed by atoms with Crippen molar-refractivity contribution in [2.24, 2.45) is 61.0 Å². The van der Waals surface area contributed by atoms with Gasteiger partial charge in [0.15, 0.2) is 17.9 Å². The summed E-state index contributed by atoms with van der Waals surface area (Å²) in [6.45, 7) is -0.375. The molecule has 5 aliphatic rings. The number of nitrogens with two attached hydrogens (primary N) is 7. The lowest BCUT2D eigenvalue weighted by Crippen LogP contribution is -2.63. The number of aliphatic hydroxyl groups excluding tert-OH is 2. The monoisotopic (exact) mass is 1360 g/mol. The van der Waals surface area contributed by atoms with Gasteiger partial charge in [-0.15, -0.1) is 11.3 Å². The predicted molar refractivity (Wildman–Crippen MR) is 351 cm³/mol. The third kappa shape index (κ3) is 21.7. The number of nitrogens with zero attached hydrogens (tertiary/aromatic N) is 7. The summed E-state index contributed by atoms with van der Waals surface area (Å²) in [5, 5.41) is 54.2. The maximum Gasteiger partial charge on any atom is 0.326 e. The van der Waals surface area contributed by atoms with Crippen molar-refractivity contribution in [1.29, 1.82) is 0 Å². The Morgan fingerprint density at radius 3 is 1.84 bits per heavy atom. The Hall–Kier alpha value is -9.22. The van der Waals surface area contributed by atoms with E-state index in [0.717, 1.165) is 36.6 Å². The Morgan fingerprint density at radius 1 is 0.625 bits per heavy atom. The highest BCUT2D eigenvalue weighted by atomic mass is 32.1. The summed E-state index contributed by atoms with van der Waals surface area (Å²) in [7, 11) is 0. The minimum atomic E-state index is -1.66. The number of aliphatic carboxylic acids is 2. The summed E-state index contributed by atoms with van der Waals surface area (Å²) in [5.74, 6) is -9.16. The van der Waals surface area contributed by atoms with Gasteiger partial charge in [0.25, 0.3) is 5.97 Å².